The van der Waals surface area contributed by atoms with E-state index in [1.54, 1.807) is 29.1 Å². The second-order valence-electron chi connectivity index (χ2n) is 9.52. The fourth-order valence-corrected chi connectivity index (χ4v) is 5.84. The van der Waals surface area contributed by atoms with Gasteiger partial charge < -0.3 is 14.6 Å². The minimum Gasteiger partial charge on any atom is -0.593 e. The van der Waals surface area contributed by atoms with Gasteiger partial charge in [0.15, 0.2) is 11.5 Å². The zero-order valence-electron chi connectivity index (χ0n) is 20.8. The van der Waals surface area contributed by atoms with Gasteiger partial charge in [0.1, 0.15) is 11.6 Å². The second-order valence-corrected chi connectivity index (χ2v) is 11.4. The zero-order valence-corrected chi connectivity index (χ0v) is 22.4. The number of carboxylic acid groups (broad SMARTS) is 1. The minimum absolute atomic E-state index is 0.0923. The number of nitrogens with zero attached hydrogens (tertiary/aromatic N) is 4. The highest BCUT2D eigenvalue weighted by molar-refractivity contribution is 7.89. The van der Waals surface area contributed by atoms with Gasteiger partial charge in [0, 0.05) is 35.3 Å². The summed E-state index contributed by atoms with van der Waals surface area (Å²) in [6, 6.07) is 8.97. The number of halogens is 2. The molecule has 6 rings (SSSR count). The Hall–Kier alpha value is -3.91. The van der Waals surface area contributed by atoms with Crippen LogP contribution in [0.25, 0.3) is 27.8 Å². The summed E-state index contributed by atoms with van der Waals surface area (Å²) < 4.78 is 42.9. The Balaban J connectivity index is 1.53. The van der Waals surface area contributed by atoms with Crippen LogP contribution in [0.4, 0.5) is 8.78 Å². The van der Waals surface area contributed by atoms with Crippen LogP contribution in [0, 0.1) is 17.6 Å². The molecular formula is C27H22F2N6O3S2. The molecule has 1 saturated carbocycles. The molecule has 1 atom stereocenters. The van der Waals surface area contributed by atoms with Gasteiger partial charge >= 0.3 is 5.97 Å². The van der Waals surface area contributed by atoms with Crippen LogP contribution < -0.4 is 5.14 Å². The van der Waals surface area contributed by atoms with E-state index in [2.05, 4.69) is 15.0 Å². The lowest BCUT2D eigenvalue weighted by Crippen LogP contribution is -2.14. The summed E-state index contributed by atoms with van der Waals surface area (Å²) in [5.74, 6) is -1.50. The third-order valence-corrected chi connectivity index (χ3v) is 8.33. The Morgan fingerprint density at radius 2 is 2.05 bits per heavy atom. The van der Waals surface area contributed by atoms with Gasteiger partial charge in [-0.25, -0.2) is 28.2 Å². The molecule has 0 radical (unpaired) electrons. The number of aromatic nitrogens is 5. The van der Waals surface area contributed by atoms with Crippen molar-refractivity contribution in [3.8, 4) is 27.8 Å². The lowest BCUT2D eigenvalue weighted by Gasteiger charge is -2.10. The molecule has 2 aromatic carbocycles. The van der Waals surface area contributed by atoms with E-state index < -0.39 is 29.0 Å². The molecule has 1 aliphatic rings. The highest BCUT2D eigenvalue weighted by Crippen LogP contribution is 2.39. The Morgan fingerprint density at radius 1 is 1.23 bits per heavy atom. The van der Waals surface area contributed by atoms with Crippen molar-refractivity contribution < 1.29 is 23.2 Å². The van der Waals surface area contributed by atoms with Crippen LogP contribution in [0.5, 0.6) is 0 Å². The van der Waals surface area contributed by atoms with E-state index in [9.17, 15) is 23.2 Å². The number of hydrogen-bond acceptors (Lipinski definition) is 7. The number of carbonyl (C=O) groups is 1. The van der Waals surface area contributed by atoms with Crippen molar-refractivity contribution in [2.75, 3.05) is 0 Å². The van der Waals surface area contributed by atoms with Crippen LogP contribution in [0.2, 0.25) is 0 Å². The average molecular weight is 581 g/mol. The number of H-pyrrole nitrogens is 1. The van der Waals surface area contributed by atoms with Crippen molar-refractivity contribution in [2.45, 2.75) is 30.6 Å². The van der Waals surface area contributed by atoms with E-state index in [1.807, 2.05) is 0 Å². The Bertz CT molecular complexity index is 1710. The molecule has 0 saturated heterocycles. The third-order valence-electron chi connectivity index (χ3n) is 6.75. The van der Waals surface area contributed by atoms with Gasteiger partial charge in [0.05, 0.1) is 28.3 Å². The van der Waals surface area contributed by atoms with Crippen LogP contribution in [0.15, 0.2) is 59.1 Å². The van der Waals surface area contributed by atoms with Crippen LogP contribution in [0.3, 0.4) is 0 Å². The lowest BCUT2D eigenvalue weighted by molar-refractivity contribution is 0.0691. The van der Waals surface area contributed by atoms with E-state index >= 15 is 0 Å². The fourth-order valence-electron chi connectivity index (χ4n) is 4.61. The summed E-state index contributed by atoms with van der Waals surface area (Å²) in [5, 5.41) is 21.5. The van der Waals surface area contributed by atoms with Crippen molar-refractivity contribution >= 4 is 28.7 Å². The molecule has 1 unspecified atom stereocenters. The normalized spacial score (nSPS) is 14.0. The van der Waals surface area contributed by atoms with Gasteiger partial charge in [0.2, 0.25) is 10.0 Å². The van der Waals surface area contributed by atoms with Crippen molar-refractivity contribution in [1.29, 1.82) is 0 Å². The largest absolute Gasteiger partial charge is 0.593 e. The van der Waals surface area contributed by atoms with Crippen LogP contribution in [0.1, 0.15) is 40.2 Å². The first-order chi connectivity index (χ1) is 19.3. The average Bonchev–Trinajstić information content (AvgIpc) is 3.29. The second kappa shape index (κ2) is 10.6. The number of aromatic carboxylic acids is 1. The summed E-state index contributed by atoms with van der Waals surface area (Å²) in [7, 11) is 0. The number of nitrogens with one attached hydrogen (secondary N) is 1. The summed E-state index contributed by atoms with van der Waals surface area (Å²) in [6.07, 6.45) is 6.14. The molecule has 3 aromatic heterocycles. The molecular weight excluding hydrogens is 558 g/mol. The van der Waals surface area contributed by atoms with E-state index in [0.29, 0.717) is 40.1 Å². The molecule has 4 N–H and O–H groups in total. The lowest BCUT2D eigenvalue weighted by atomic mass is 9.96. The van der Waals surface area contributed by atoms with Gasteiger partial charge in [-0.2, -0.15) is 5.10 Å². The number of aromatic amines is 1. The Labute approximate surface area is 234 Å². The maximum absolute atomic E-state index is 14.8. The number of carboxylic acids is 1. The van der Waals surface area contributed by atoms with Crippen LogP contribution >= 0.6 is 11.3 Å². The summed E-state index contributed by atoms with van der Waals surface area (Å²) in [4.78, 5) is 22.8. The first-order valence-electron chi connectivity index (χ1n) is 12.3. The molecule has 0 aliphatic heterocycles. The molecule has 0 bridgehead atoms. The summed E-state index contributed by atoms with van der Waals surface area (Å²) >= 11 is -0.813. The first-order valence-corrected chi connectivity index (χ1v) is 14.4. The standard InChI is InChI=1S/C27H22F2N6O3S2/c28-19-5-4-16(12-17(19)25-31-7-8-32-25)24-18(9-15-3-6-23(40(30)38)20(29)10-15)22(11-14-1-2-14)35(34-24)27-33-21(13-39-27)26(36)37/h3-8,10,12-14H,1-2,9,11,30H2,(H,31,32)(H,36,37). The molecule has 0 amide bonds. The molecule has 1 fully saturated rings. The molecule has 5 aromatic rings. The molecule has 1 aliphatic carbocycles. The molecule has 13 heteroatoms. The van der Waals surface area contributed by atoms with Gasteiger partial charge in [-0.05, 0) is 61.1 Å². The smallest absolute Gasteiger partial charge is 0.355 e. The molecule has 204 valence electrons. The van der Waals surface area contributed by atoms with Gasteiger partial charge in [0.25, 0.3) is 0 Å². The van der Waals surface area contributed by atoms with Crippen molar-refractivity contribution in [3.05, 3.63) is 88.3 Å². The number of nitrogens with two attached hydrogens (primary N) is 1. The third kappa shape index (κ3) is 5.16. The first kappa shape index (κ1) is 26.3. The zero-order chi connectivity index (χ0) is 28.0. The number of hydrogen-bond donors (Lipinski definition) is 3. The van der Waals surface area contributed by atoms with Gasteiger partial charge in [-0.15, -0.1) is 16.5 Å². The highest BCUT2D eigenvalue weighted by Gasteiger charge is 2.30. The molecule has 3 heterocycles. The summed E-state index contributed by atoms with van der Waals surface area (Å²) in [5.41, 5.74) is 3.50. The van der Waals surface area contributed by atoms with E-state index in [1.165, 1.54) is 29.8 Å². The number of thiazole rings is 1. The van der Waals surface area contributed by atoms with E-state index in [0.717, 1.165) is 35.4 Å². The predicted octanol–water partition coefficient (Wildman–Crippen LogP) is 4.89. The van der Waals surface area contributed by atoms with Gasteiger partial charge in [-0.3, -0.25) is 0 Å². The maximum Gasteiger partial charge on any atom is 0.355 e. The number of imidazole rings is 1. The molecule has 0 spiro atoms. The molecule has 9 nitrogen and oxygen atoms in total. The maximum atomic E-state index is 14.8. The SMILES string of the molecule is N[S+]([O-])c1ccc(Cc2c(-c3ccc(F)c(-c4ncc[nH]4)c3)nn(-c3nc(C(=O)O)cs3)c2CC2CC2)cc1F. The van der Waals surface area contributed by atoms with Gasteiger partial charge in [-0.1, -0.05) is 6.07 Å². The highest BCUT2D eigenvalue weighted by atomic mass is 32.2. The van der Waals surface area contributed by atoms with E-state index in [-0.39, 0.29) is 22.6 Å². The van der Waals surface area contributed by atoms with Crippen molar-refractivity contribution in [3.63, 3.8) is 0 Å². The van der Waals surface area contributed by atoms with Crippen molar-refractivity contribution in [2.24, 2.45) is 11.1 Å². The quantitative estimate of drug-likeness (QED) is 0.211. The van der Waals surface area contributed by atoms with Crippen LogP contribution in [-0.4, -0.2) is 40.4 Å². The summed E-state index contributed by atoms with van der Waals surface area (Å²) in [6.45, 7) is 0. The van der Waals surface area contributed by atoms with Crippen LogP contribution in [-0.2, 0) is 24.2 Å². The number of benzene rings is 2. The minimum atomic E-state index is -1.97. The predicted molar refractivity (Wildman–Crippen MR) is 145 cm³/mol. The molecule has 40 heavy (non-hydrogen) atoms. The van der Waals surface area contributed by atoms with E-state index in [4.69, 9.17) is 10.2 Å². The van der Waals surface area contributed by atoms with Crippen molar-refractivity contribution in [1.82, 2.24) is 24.7 Å². The number of rotatable bonds is 9. The Kier molecular flexibility index (Phi) is 6.96. The monoisotopic (exact) mass is 580 g/mol. The Morgan fingerprint density at radius 3 is 2.70 bits per heavy atom. The fraction of sp³-hybridized carbons (Fsp3) is 0.185. The topological polar surface area (TPSA) is 146 Å².